The fraction of sp³-hybridized carbons (Fsp3) is 0.0545. The molecule has 0 saturated carbocycles. The summed E-state index contributed by atoms with van der Waals surface area (Å²) in [5, 5.41) is 12.8. The zero-order valence-corrected chi connectivity index (χ0v) is 32.3. The summed E-state index contributed by atoms with van der Waals surface area (Å²) in [7, 11) is 0. The van der Waals surface area contributed by atoms with Crippen LogP contribution < -0.4 is 0 Å². The molecule has 2 heteroatoms. The molecule has 0 bridgehead atoms. The molecule has 0 radical (unpaired) electrons. The van der Waals surface area contributed by atoms with Gasteiger partial charge in [0.1, 0.15) is 11.2 Å². The third-order valence-electron chi connectivity index (χ3n) is 13.0. The molecule has 2 aromatic heterocycles. The molecule has 0 fully saturated rings. The average Bonchev–Trinajstić information content (AvgIpc) is 3.89. The fourth-order valence-electron chi connectivity index (χ4n) is 10.3. The first-order chi connectivity index (χ1) is 28.0. The third-order valence-corrected chi connectivity index (χ3v) is 14.2. The number of benzene rings is 10. The van der Waals surface area contributed by atoms with E-state index in [0.717, 1.165) is 21.9 Å². The van der Waals surface area contributed by atoms with Crippen LogP contribution >= 0.6 is 11.3 Å². The van der Waals surface area contributed by atoms with E-state index in [1.54, 1.807) is 0 Å². The lowest BCUT2D eigenvalue weighted by atomic mass is 9.82. The van der Waals surface area contributed by atoms with Crippen LogP contribution in [0, 0.1) is 0 Å². The Kier molecular flexibility index (Phi) is 6.18. The Morgan fingerprint density at radius 1 is 0.404 bits per heavy atom. The summed E-state index contributed by atoms with van der Waals surface area (Å²) in [5.41, 5.74) is 14.9. The van der Waals surface area contributed by atoms with Crippen molar-refractivity contribution in [2.45, 2.75) is 19.3 Å². The number of fused-ring (bicyclic) bond motifs is 10. The van der Waals surface area contributed by atoms with Crippen LogP contribution in [0.5, 0.6) is 0 Å². The van der Waals surface area contributed by atoms with Gasteiger partial charge >= 0.3 is 0 Å². The lowest BCUT2D eigenvalue weighted by Crippen LogP contribution is -2.14. The van der Waals surface area contributed by atoms with Gasteiger partial charge in [-0.1, -0.05) is 153 Å². The highest BCUT2D eigenvalue weighted by Gasteiger charge is 2.37. The Morgan fingerprint density at radius 2 is 1.02 bits per heavy atom. The lowest BCUT2D eigenvalue weighted by Gasteiger charge is -2.22. The van der Waals surface area contributed by atoms with E-state index in [1.165, 1.54) is 108 Å². The summed E-state index contributed by atoms with van der Waals surface area (Å²) >= 11 is 1.95. The lowest BCUT2D eigenvalue weighted by molar-refractivity contribution is 0.667. The molecule has 10 aromatic carbocycles. The van der Waals surface area contributed by atoms with Gasteiger partial charge in [0.2, 0.25) is 0 Å². The number of hydrogen-bond donors (Lipinski definition) is 0. The molecule has 13 rings (SSSR count). The molecule has 0 spiro atoms. The van der Waals surface area contributed by atoms with Crippen molar-refractivity contribution in [3.8, 4) is 44.5 Å². The molecule has 0 aliphatic heterocycles. The van der Waals surface area contributed by atoms with E-state index in [0.29, 0.717) is 0 Å². The summed E-state index contributed by atoms with van der Waals surface area (Å²) in [6.07, 6.45) is 0. The summed E-state index contributed by atoms with van der Waals surface area (Å²) in [4.78, 5) is 0. The van der Waals surface area contributed by atoms with E-state index in [-0.39, 0.29) is 5.41 Å². The Balaban J connectivity index is 0.937. The van der Waals surface area contributed by atoms with Gasteiger partial charge in [0.15, 0.2) is 0 Å². The van der Waals surface area contributed by atoms with Gasteiger partial charge in [0.25, 0.3) is 0 Å². The van der Waals surface area contributed by atoms with Gasteiger partial charge in [0, 0.05) is 36.4 Å². The highest BCUT2D eigenvalue weighted by Crippen LogP contribution is 2.54. The summed E-state index contributed by atoms with van der Waals surface area (Å²) < 4.78 is 8.94. The van der Waals surface area contributed by atoms with Crippen molar-refractivity contribution in [1.29, 1.82) is 0 Å². The first-order valence-electron chi connectivity index (χ1n) is 19.8. The van der Waals surface area contributed by atoms with Crippen molar-refractivity contribution in [3.05, 3.63) is 181 Å². The monoisotopic (exact) mass is 742 g/mol. The molecule has 1 aliphatic carbocycles. The van der Waals surface area contributed by atoms with E-state index in [2.05, 4.69) is 172 Å². The molecule has 0 amide bonds. The van der Waals surface area contributed by atoms with Crippen molar-refractivity contribution < 1.29 is 4.42 Å². The van der Waals surface area contributed by atoms with Gasteiger partial charge in [-0.25, -0.2) is 0 Å². The number of thiophene rings is 1. The fourth-order valence-corrected chi connectivity index (χ4v) is 11.8. The maximum atomic E-state index is 6.18. The largest absolute Gasteiger partial charge is 0.456 e. The molecule has 57 heavy (non-hydrogen) atoms. The first kappa shape index (κ1) is 31.5. The van der Waals surface area contributed by atoms with Crippen LogP contribution in [-0.2, 0) is 5.41 Å². The van der Waals surface area contributed by atoms with Gasteiger partial charge < -0.3 is 4.42 Å². The SMILES string of the molecule is CC1(C)c2ccccc2-c2ccc3c(sc4cc(-c5cccc(-c6ccc7ccc8c(-c9ccc%10oc%11ccccc%11c%10c9)ccc9ccc6c7c98)c5)ccc43)c21. The number of furan rings is 1. The van der Waals surface area contributed by atoms with Gasteiger partial charge in [-0.15, -0.1) is 11.3 Å². The van der Waals surface area contributed by atoms with Crippen LogP contribution in [0.4, 0.5) is 0 Å². The van der Waals surface area contributed by atoms with Gasteiger partial charge in [-0.2, -0.15) is 0 Å². The van der Waals surface area contributed by atoms with Crippen molar-refractivity contribution in [2.24, 2.45) is 0 Å². The quantitative estimate of drug-likeness (QED) is 0.164. The highest BCUT2D eigenvalue weighted by molar-refractivity contribution is 7.26. The van der Waals surface area contributed by atoms with E-state index in [9.17, 15) is 0 Å². The van der Waals surface area contributed by atoms with Crippen molar-refractivity contribution in [2.75, 3.05) is 0 Å². The predicted octanol–water partition coefficient (Wildman–Crippen LogP) is 16.2. The molecule has 0 unspecified atom stereocenters. The van der Waals surface area contributed by atoms with Crippen LogP contribution in [0.2, 0.25) is 0 Å². The van der Waals surface area contributed by atoms with Crippen molar-refractivity contribution in [1.82, 2.24) is 0 Å². The van der Waals surface area contributed by atoms with Gasteiger partial charge in [-0.05, 0) is 118 Å². The molecule has 0 atom stereocenters. The van der Waals surface area contributed by atoms with Gasteiger partial charge in [0.05, 0.1) is 0 Å². The molecule has 266 valence electrons. The van der Waals surface area contributed by atoms with Gasteiger partial charge in [-0.3, -0.25) is 0 Å². The van der Waals surface area contributed by atoms with Crippen LogP contribution in [-0.4, -0.2) is 0 Å². The van der Waals surface area contributed by atoms with Crippen LogP contribution in [0.25, 0.3) is 119 Å². The normalized spacial score (nSPS) is 13.6. The van der Waals surface area contributed by atoms with Crippen LogP contribution in [0.15, 0.2) is 174 Å². The molecule has 1 nitrogen and oxygen atoms in total. The molecule has 0 N–H and O–H groups in total. The maximum absolute atomic E-state index is 6.18. The first-order valence-corrected chi connectivity index (χ1v) is 20.6. The van der Waals surface area contributed by atoms with Crippen molar-refractivity contribution >= 4 is 85.8 Å². The van der Waals surface area contributed by atoms with E-state index >= 15 is 0 Å². The molecular weight excluding hydrogens is 709 g/mol. The summed E-state index contributed by atoms with van der Waals surface area (Å²) in [6.45, 7) is 4.78. The Bertz CT molecular complexity index is 3670. The third kappa shape index (κ3) is 4.28. The van der Waals surface area contributed by atoms with Crippen LogP contribution in [0.1, 0.15) is 25.0 Å². The molecule has 2 heterocycles. The van der Waals surface area contributed by atoms with E-state index in [1.807, 2.05) is 23.5 Å². The Hall–Kier alpha value is -6.74. The minimum atomic E-state index is -0.0321. The molecular formula is C55H34OS. The standard InChI is InChI=1S/C55H34OS/c1-55(2)47-12-5-3-10-39(47)44-25-26-45-41-22-18-34(30-50(41)57-54(45)53(44)55)33-8-7-9-35(28-33)37-20-14-31-17-24-43-38(21-15-32-16-23-42(37)51(31)52(32)43)36-19-27-49-46(29-36)40-11-4-6-13-48(40)56-49/h3-30H,1-2H3. The smallest absolute Gasteiger partial charge is 0.135 e. The maximum Gasteiger partial charge on any atom is 0.135 e. The second kappa shape index (κ2) is 11.2. The minimum absolute atomic E-state index is 0.0321. The predicted molar refractivity (Wildman–Crippen MR) is 244 cm³/mol. The minimum Gasteiger partial charge on any atom is -0.456 e. The number of para-hydroxylation sites is 1. The molecule has 1 aliphatic rings. The second-order valence-corrected chi connectivity index (χ2v) is 17.4. The van der Waals surface area contributed by atoms with E-state index in [4.69, 9.17) is 4.42 Å². The zero-order chi connectivity index (χ0) is 37.6. The number of hydrogen-bond acceptors (Lipinski definition) is 2. The highest BCUT2D eigenvalue weighted by atomic mass is 32.1. The summed E-state index contributed by atoms with van der Waals surface area (Å²) in [6, 6.07) is 63.3. The second-order valence-electron chi connectivity index (χ2n) is 16.4. The van der Waals surface area contributed by atoms with Crippen molar-refractivity contribution in [3.63, 3.8) is 0 Å². The summed E-state index contributed by atoms with van der Waals surface area (Å²) in [5.74, 6) is 0. The van der Waals surface area contributed by atoms with E-state index < -0.39 is 0 Å². The Morgan fingerprint density at radius 3 is 1.84 bits per heavy atom. The molecule has 12 aromatic rings. The number of rotatable bonds is 3. The van der Waals surface area contributed by atoms with Crippen LogP contribution in [0.3, 0.4) is 0 Å². The topological polar surface area (TPSA) is 13.1 Å². The Labute approximate surface area is 333 Å². The average molecular weight is 743 g/mol. The molecule has 0 saturated heterocycles. The zero-order valence-electron chi connectivity index (χ0n) is 31.5.